The van der Waals surface area contributed by atoms with Gasteiger partial charge in [-0.3, -0.25) is 0 Å². The Balaban J connectivity index is 1.46. The smallest absolute Gasteiger partial charge is 0.309 e. The van der Waals surface area contributed by atoms with Crippen LogP contribution in [0.3, 0.4) is 0 Å². The Bertz CT molecular complexity index is 3070. The highest BCUT2D eigenvalue weighted by Gasteiger charge is 2.41. The van der Waals surface area contributed by atoms with Gasteiger partial charge in [-0.15, -0.1) is 0 Å². The lowest BCUT2D eigenvalue weighted by molar-refractivity contribution is -0.142. The Morgan fingerprint density at radius 2 is 1.00 bits per heavy atom. The molecule has 274 valence electrons. The monoisotopic (exact) mass is 749 g/mol. The molecule has 9 aromatic rings. The fourth-order valence-corrected chi connectivity index (χ4v) is 8.15. The predicted molar refractivity (Wildman–Crippen MR) is 210 cm³/mol. The lowest BCUT2D eigenvalue weighted by atomic mass is 9.86. The van der Waals surface area contributed by atoms with Gasteiger partial charge in [0.15, 0.2) is 0 Å². The molecule has 0 unspecified atom stereocenters. The van der Waals surface area contributed by atoms with Crippen LogP contribution in [0, 0.1) is 25.2 Å². The molecule has 7 aromatic carbocycles. The summed E-state index contributed by atoms with van der Waals surface area (Å²) in [6.45, 7) is 3.96. The maximum absolute atomic E-state index is 14.9. The summed E-state index contributed by atoms with van der Waals surface area (Å²) < 4.78 is 93.4. The van der Waals surface area contributed by atoms with Gasteiger partial charge in [0, 0.05) is 38.4 Å². The number of halogens is 6. The number of hydrogen-bond donors (Lipinski definition) is 0. The Morgan fingerprint density at radius 1 is 0.464 bits per heavy atom. The summed E-state index contributed by atoms with van der Waals surface area (Å²) in [6, 6.07) is 41.0. The van der Waals surface area contributed by atoms with Crippen molar-refractivity contribution in [2.24, 2.45) is 0 Å². The number of fused-ring (bicyclic) bond motifs is 6. The first-order chi connectivity index (χ1) is 26.8. The third-order valence-corrected chi connectivity index (χ3v) is 10.5. The van der Waals surface area contributed by atoms with Crippen LogP contribution >= 0.6 is 0 Å². The summed E-state index contributed by atoms with van der Waals surface area (Å²) in [6.07, 6.45) is -10.3. The van der Waals surface area contributed by atoms with E-state index in [2.05, 4.69) is 12.1 Å². The van der Waals surface area contributed by atoms with Gasteiger partial charge in [0.05, 0.1) is 50.5 Å². The van der Waals surface area contributed by atoms with E-state index in [0.717, 1.165) is 60.8 Å². The third kappa shape index (κ3) is 5.51. The number of benzene rings is 7. The summed E-state index contributed by atoms with van der Waals surface area (Å²) in [5.74, 6) is 0. The van der Waals surface area contributed by atoms with E-state index in [-0.39, 0.29) is 22.3 Å². The third-order valence-electron chi connectivity index (χ3n) is 10.5. The zero-order valence-corrected chi connectivity index (χ0v) is 29.9. The van der Waals surface area contributed by atoms with E-state index >= 15 is 0 Å². The minimum atomic E-state index is -5.13. The molecule has 0 spiro atoms. The molecular formula is C47H29F6N3. The molecule has 0 fully saturated rings. The molecule has 2 heterocycles. The lowest BCUT2D eigenvalue weighted by Gasteiger charge is -2.23. The molecule has 3 nitrogen and oxygen atoms in total. The van der Waals surface area contributed by atoms with E-state index in [1.807, 2.05) is 102 Å². The Labute approximate surface area is 316 Å². The zero-order chi connectivity index (χ0) is 39.1. The molecule has 9 heteroatoms. The van der Waals surface area contributed by atoms with Crippen molar-refractivity contribution in [2.75, 3.05) is 0 Å². The molecule has 56 heavy (non-hydrogen) atoms. The van der Waals surface area contributed by atoms with Gasteiger partial charge in [-0.05, 0) is 104 Å². The van der Waals surface area contributed by atoms with Crippen LogP contribution in [0.1, 0.15) is 27.8 Å². The number of nitriles is 1. The molecule has 0 amide bonds. The number of rotatable bonds is 4. The number of aryl methyl sites for hydroxylation is 2. The summed E-state index contributed by atoms with van der Waals surface area (Å²) in [4.78, 5) is 0. The van der Waals surface area contributed by atoms with Crippen molar-refractivity contribution < 1.29 is 26.3 Å². The van der Waals surface area contributed by atoms with Gasteiger partial charge in [-0.1, -0.05) is 71.8 Å². The number of hydrogen-bond acceptors (Lipinski definition) is 1. The van der Waals surface area contributed by atoms with Crippen molar-refractivity contribution >= 4 is 43.6 Å². The predicted octanol–water partition coefficient (Wildman–Crippen LogP) is 13.7. The molecule has 0 saturated carbocycles. The molecule has 0 atom stereocenters. The second kappa shape index (κ2) is 12.6. The average Bonchev–Trinajstić information content (AvgIpc) is 3.68. The second-order valence-corrected chi connectivity index (χ2v) is 14.0. The Morgan fingerprint density at radius 3 is 1.57 bits per heavy atom. The van der Waals surface area contributed by atoms with Gasteiger partial charge in [-0.25, -0.2) is 0 Å². The van der Waals surface area contributed by atoms with E-state index in [9.17, 15) is 31.6 Å². The van der Waals surface area contributed by atoms with Crippen molar-refractivity contribution in [3.8, 4) is 39.7 Å². The van der Waals surface area contributed by atoms with Gasteiger partial charge in [-0.2, -0.15) is 31.6 Å². The van der Waals surface area contributed by atoms with E-state index in [1.54, 1.807) is 30.3 Å². The standard InChI is InChI=1S/C47H29F6N3/c1-27-14-19-42-35(22-27)31-8-3-5-12-40(31)55(42)30-17-18-33(45-38(46(48,49)50)10-7-11-39(45)47(51,52)53)34(25-30)37-24-29(26-54)16-21-44(37)56-41-13-6-4-9-32(41)36-23-28(2)15-20-43(36)56/h3-25H,1-2H3. The highest BCUT2D eigenvalue weighted by Crippen LogP contribution is 2.49. The molecule has 0 radical (unpaired) electrons. The first-order valence-electron chi connectivity index (χ1n) is 17.8. The van der Waals surface area contributed by atoms with Crippen molar-refractivity contribution in [2.45, 2.75) is 26.2 Å². The summed E-state index contributed by atoms with van der Waals surface area (Å²) in [7, 11) is 0. The fraction of sp³-hybridized carbons (Fsp3) is 0.0851. The van der Waals surface area contributed by atoms with E-state index in [1.165, 1.54) is 6.07 Å². The fourth-order valence-electron chi connectivity index (χ4n) is 8.15. The first-order valence-corrected chi connectivity index (χ1v) is 17.8. The van der Waals surface area contributed by atoms with Crippen LogP contribution in [0.2, 0.25) is 0 Å². The summed E-state index contributed by atoms with van der Waals surface area (Å²) >= 11 is 0. The summed E-state index contributed by atoms with van der Waals surface area (Å²) in [5.41, 5.74) is 2.67. The first kappa shape index (κ1) is 34.9. The molecular weight excluding hydrogens is 721 g/mol. The molecule has 9 rings (SSSR count). The average molecular weight is 750 g/mol. The Kier molecular flexibility index (Phi) is 7.89. The van der Waals surface area contributed by atoms with Crippen LogP contribution in [-0.2, 0) is 12.4 Å². The molecule has 0 N–H and O–H groups in total. The number of aromatic nitrogens is 2. The van der Waals surface area contributed by atoms with Crippen LogP contribution in [0.5, 0.6) is 0 Å². The zero-order valence-electron chi connectivity index (χ0n) is 29.9. The minimum absolute atomic E-state index is 0.0906. The molecule has 0 aliphatic carbocycles. The van der Waals surface area contributed by atoms with Crippen LogP contribution < -0.4 is 0 Å². The summed E-state index contributed by atoms with van der Waals surface area (Å²) in [5, 5.41) is 13.9. The number of alkyl halides is 6. The maximum Gasteiger partial charge on any atom is 0.417 e. The minimum Gasteiger partial charge on any atom is -0.309 e. The molecule has 2 aromatic heterocycles. The topological polar surface area (TPSA) is 33.6 Å². The quantitative estimate of drug-likeness (QED) is 0.165. The molecule has 0 aliphatic rings. The molecule has 0 aliphatic heterocycles. The Hall–Kier alpha value is -6.79. The van der Waals surface area contributed by atoms with E-state index in [0.29, 0.717) is 23.5 Å². The van der Waals surface area contributed by atoms with Crippen molar-refractivity contribution in [1.29, 1.82) is 5.26 Å². The highest BCUT2D eigenvalue weighted by molar-refractivity contribution is 6.11. The van der Waals surface area contributed by atoms with Crippen molar-refractivity contribution in [1.82, 2.24) is 9.13 Å². The number of nitrogens with zero attached hydrogens (tertiary/aromatic N) is 3. The van der Waals surface area contributed by atoms with Gasteiger partial charge in [0.2, 0.25) is 0 Å². The highest BCUT2D eigenvalue weighted by atomic mass is 19.4. The van der Waals surface area contributed by atoms with Crippen LogP contribution in [0.15, 0.2) is 140 Å². The van der Waals surface area contributed by atoms with Crippen LogP contribution in [-0.4, -0.2) is 9.13 Å². The van der Waals surface area contributed by atoms with Gasteiger partial charge in [0.25, 0.3) is 0 Å². The van der Waals surface area contributed by atoms with Crippen LogP contribution in [0.4, 0.5) is 26.3 Å². The van der Waals surface area contributed by atoms with Crippen LogP contribution in [0.25, 0.3) is 77.2 Å². The van der Waals surface area contributed by atoms with Crippen molar-refractivity contribution in [3.63, 3.8) is 0 Å². The largest absolute Gasteiger partial charge is 0.417 e. The lowest BCUT2D eigenvalue weighted by Crippen LogP contribution is -2.14. The SMILES string of the molecule is Cc1ccc2c(c1)c1ccccc1n2-c1ccc(-c2c(C(F)(F)F)cccc2C(F)(F)F)c(-c2cc(C#N)ccc2-n2c3ccccc3c3cc(C)ccc32)c1. The van der Waals surface area contributed by atoms with Gasteiger partial charge in [0.1, 0.15) is 0 Å². The second-order valence-electron chi connectivity index (χ2n) is 14.0. The van der Waals surface area contributed by atoms with Gasteiger partial charge >= 0.3 is 12.4 Å². The van der Waals surface area contributed by atoms with E-state index in [4.69, 9.17) is 0 Å². The maximum atomic E-state index is 14.9. The van der Waals surface area contributed by atoms with E-state index < -0.39 is 29.0 Å². The number of para-hydroxylation sites is 2. The van der Waals surface area contributed by atoms with Gasteiger partial charge < -0.3 is 9.13 Å². The molecule has 0 saturated heterocycles. The normalized spacial score (nSPS) is 12.3. The van der Waals surface area contributed by atoms with Crippen molar-refractivity contribution in [3.05, 3.63) is 167 Å². The molecule has 0 bridgehead atoms.